The van der Waals surface area contributed by atoms with Gasteiger partial charge in [0.15, 0.2) is 0 Å². The minimum atomic E-state index is -0.226. The maximum atomic E-state index is 12.6. The molecule has 0 bridgehead atoms. The van der Waals surface area contributed by atoms with E-state index in [1.165, 1.54) is 5.56 Å². The van der Waals surface area contributed by atoms with Crippen LogP contribution in [-0.4, -0.2) is 54.5 Å². The lowest BCUT2D eigenvalue weighted by molar-refractivity contribution is -0.126. The quantitative estimate of drug-likeness (QED) is 0.764. The summed E-state index contributed by atoms with van der Waals surface area (Å²) in [5, 5.41) is 3.00. The van der Waals surface area contributed by atoms with Gasteiger partial charge in [0.2, 0.25) is 5.91 Å². The summed E-state index contributed by atoms with van der Waals surface area (Å²) in [4.78, 5) is 29.0. The number of likely N-dealkylation sites (tertiary alicyclic amines) is 2. The Bertz CT molecular complexity index is 674. The van der Waals surface area contributed by atoms with E-state index in [2.05, 4.69) is 31.3 Å². The molecule has 2 unspecified atom stereocenters. The van der Waals surface area contributed by atoms with E-state index in [1.807, 2.05) is 21.9 Å². The highest BCUT2D eigenvalue weighted by Crippen LogP contribution is 2.21. The van der Waals surface area contributed by atoms with Crippen molar-refractivity contribution in [2.24, 2.45) is 11.7 Å². The third-order valence-electron chi connectivity index (χ3n) is 5.97. The van der Waals surface area contributed by atoms with E-state index < -0.39 is 0 Å². The van der Waals surface area contributed by atoms with E-state index in [9.17, 15) is 9.59 Å². The minimum absolute atomic E-state index is 0. The van der Waals surface area contributed by atoms with Crippen LogP contribution in [0.4, 0.5) is 4.79 Å². The molecule has 29 heavy (non-hydrogen) atoms. The number of hydrogen-bond acceptors (Lipinski definition) is 3. The van der Waals surface area contributed by atoms with E-state index >= 15 is 0 Å². The SMILES string of the molecule is CC(C)c1ccc(C(N)CNC(=O)C2CCCN(C(=O)N3CCCC3)C2)cc1.Cl. The summed E-state index contributed by atoms with van der Waals surface area (Å²) >= 11 is 0. The maximum Gasteiger partial charge on any atom is 0.320 e. The lowest BCUT2D eigenvalue weighted by atomic mass is 9.96. The Morgan fingerprint density at radius 1 is 1.03 bits per heavy atom. The largest absolute Gasteiger partial charge is 0.354 e. The molecule has 2 fully saturated rings. The third-order valence-corrected chi connectivity index (χ3v) is 5.97. The zero-order chi connectivity index (χ0) is 20.1. The van der Waals surface area contributed by atoms with Crippen LogP contribution in [0.2, 0.25) is 0 Å². The molecule has 2 aliphatic rings. The molecular formula is C22H35ClN4O2. The summed E-state index contributed by atoms with van der Waals surface area (Å²) in [6, 6.07) is 8.16. The number of carbonyl (C=O) groups excluding carboxylic acids is 2. The van der Waals surface area contributed by atoms with Crippen LogP contribution in [0.15, 0.2) is 24.3 Å². The highest BCUT2D eigenvalue weighted by atomic mass is 35.5. The Hall–Kier alpha value is -1.79. The highest BCUT2D eigenvalue weighted by Gasteiger charge is 2.31. The van der Waals surface area contributed by atoms with Gasteiger partial charge in [0.05, 0.1) is 5.92 Å². The molecule has 2 aliphatic heterocycles. The van der Waals surface area contributed by atoms with Crippen molar-refractivity contribution in [3.63, 3.8) is 0 Å². The Kier molecular flexibility index (Phi) is 8.78. The van der Waals surface area contributed by atoms with Crippen LogP contribution in [0.3, 0.4) is 0 Å². The molecule has 3 amide bonds. The molecule has 6 nitrogen and oxygen atoms in total. The van der Waals surface area contributed by atoms with Crippen LogP contribution in [0.25, 0.3) is 0 Å². The fourth-order valence-electron chi connectivity index (χ4n) is 4.07. The second-order valence-electron chi connectivity index (χ2n) is 8.43. The van der Waals surface area contributed by atoms with Crippen LogP contribution in [-0.2, 0) is 4.79 Å². The third kappa shape index (κ3) is 6.09. The fourth-order valence-corrected chi connectivity index (χ4v) is 4.07. The zero-order valence-corrected chi connectivity index (χ0v) is 18.4. The van der Waals surface area contributed by atoms with Gasteiger partial charge in [0.1, 0.15) is 0 Å². The van der Waals surface area contributed by atoms with Crippen molar-refractivity contribution < 1.29 is 9.59 Å². The van der Waals surface area contributed by atoms with Gasteiger partial charge in [-0.3, -0.25) is 4.79 Å². The predicted molar refractivity (Wildman–Crippen MR) is 118 cm³/mol. The molecule has 0 radical (unpaired) electrons. The zero-order valence-electron chi connectivity index (χ0n) is 17.6. The van der Waals surface area contributed by atoms with Gasteiger partial charge in [0, 0.05) is 38.8 Å². The van der Waals surface area contributed by atoms with Crippen LogP contribution in [0.5, 0.6) is 0 Å². The predicted octanol–water partition coefficient (Wildman–Crippen LogP) is 3.28. The molecule has 2 heterocycles. The number of piperidine rings is 1. The van der Waals surface area contributed by atoms with Crippen molar-refractivity contribution in [1.82, 2.24) is 15.1 Å². The minimum Gasteiger partial charge on any atom is -0.354 e. The monoisotopic (exact) mass is 422 g/mol. The first-order valence-corrected chi connectivity index (χ1v) is 10.6. The summed E-state index contributed by atoms with van der Waals surface area (Å²) in [5.41, 5.74) is 8.58. The van der Waals surface area contributed by atoms with Crippen molar-refractivity contribution in [2.75, 3.05) is 32.7 Å². The van der Waals surface area contributed by atoms with E-state index in [-0.39, 0.29) is 36.3 Å². The number of urea groups is 1. The molecule has 0 spiro atoms. The summed E-state index contributed by atoms with van der Waals surface area (Å²) < 4.78 is 0. The number of hydrogen-bond donors (Lipinski definition) is 2. The summed E-state index contributed by atoms with van der Waals surface area (Å²) in [7, 11) is 0. The molecule has 2 saturated heterocycles. The first kappa shape index (κ1) is 23.5. The first-order chi connectivity index (χ1) is 13.5. The van der Waals surface area contributed by atoms with E-state index in [1.54, 1.807) is 0 Å². The van der Waals surface area contributed by atoms with Gasteiger partial charge in [-0.15, -0.1) is 12.4 Å². The van der Waals surface area contributed by atoms with Crippen molar-refractivity contribution in [1.29, 1.82) is 0 Å². The first-order valence-electron chi connectivity index (χ1n) is 10.6. The van der Waals surface area contributed by atoms with Gasteiger partial charge < -0.3 is 20.9 Å². The van der Waals surface area contributed by atoms with Crippen LogP contribution in [0, 0.1) is 5.92 Å². The fraction of sp³-hybridized carbons (Fsp3) is 0.636. The normalized spacial score (nSPS) is 20.3. The van der Waals surface area contributed by atoms with Gasteiger partial charge in [-0.1, -0.05) is 38.1 Å². The summed E-state index contributed by atoms with van der Waals surface area (Å²) in [6.45, 7) is 7.69. The van der Waals surface area contributed by atoms with Gasteiger partial charge >= 0.3 is 6.03 Å². The van der Waals surface area contributed by atoms with E-state index in [0.29, 0.717) is 19.0 Å². The molecule has 0 saturated carbocycles. The Morgan fingerprint density at radius 2 is 1.62 bits per heavy atom. The Morgan fingerprint density at radius 3 is 2.24 bits per heavy atom. The Labute approximate surface area is 180 Å². The molecule has 0 aromatic heterocycles. The second kappa shape index (κ2) is 10.8. The number of rotatable bonds is 5. The summed E-state index contributed by atoms with van der Waals surface area (Å²) in [6.07, 6.45) is 3.87. The molecular weight excluding hydrogens is 388 g/mol. The lowest BCUT2D eigenvalue weighted by Gasteiger charge is -2.34. The van der Waals surface area contributed by atoms with Gasteiger partial charge in [0.25, 0.3) is 0 Å². The molecule has 2 atom stereocenters. The van der Waals surface area contributed by atoms with Crippen molar-refractivity contribution >= 4 is 24.3 Å². The van der Waals surface area contributed by atoms with Crippen molar-refractivity contribution in [2.45, 2.75) is 51.5 Å². The van der Waals surface area contributed by atoms with Gasteiger partial charge in [-0.05, 0) is 42.7 Å². The van der Waals surface area contributed by atoms with Crippen LogP contribution < -0.4 is 11.1 Å². The number of nitrogens with two attached hydrogens (primary N) is 1. The average Bonchev–Trinajstić information content (AvgIpc) is 3.26. The number of benzene rings is 1. The smallest absolute Gasteiger partial charge is 0.320 e. The molecule has 3 N–H and O–H groups in total. The standard InChI is InChI=1S/C22H34N4O2.ClH/c1-16(2)17-7-9-18(10-8-17)20(23)14-24-21(27)19-6-5-13-26(15-19)22(28)25-11-3-4-12-25;/h7-10,16,19-20H,3-6,11-15,23H2,1-2H3,(H,24,27);1H. The number of nitrogens with one attached hydrogen (secondary N) is 1. The number of halogens is 1. The second-order valence-corrected chi connectivity index (χ2v) is 8.43. The van der Waals surface area contributed by atoms with Gasteiger partial charge in [-0.2, -0.15) is 0 Å². The maximum absolute atomic E-state index is 12.6. The number of amides is 3. The number of nitrogens with zero attached hydrogens (tertiary/aromatic N) is 2. The van der Waals surface area contributed by atoms with E-state index in [4.69, 9.17) is 5.73 Å². The lowest BCUT2D eigenvalue weighted by Crippen LogP contribution is -2.50. The highest BCUT2D eigenvalue weighted by molar-refractivity contribution is 5.85. The average molecular weight is 423 g/mol. The Balaban J connectivity index is 0.00000300. The topological polar surface area (TPSA) is 78.7 Å². The molecule has 1 aromatic rings. The van der Waals surface area contributed by atoms with Crippen LogP contribution in [0.1, 0.15) is 62.6 Å². The van der Waals surface area contributed by atoms with Crippen LogP contribution >= 0.6 is 12.4 Å². The molecule has 1 aromatic carbocycles. The van der Waals surface area contributed by atoms with E-state index in [0.717, 1.165) is 50.9 Å². The molecule has 162 valence electrons. The molecule has 7 heteroatoms. The summed E-state index contributed by atoms with van der Waals surface area (Å²) in [5.74, 6) is 0.353. The molecule has 0 aliphatic carbocycles. The van der Waals surface area contributed by atoms with Gasteiger partial charge in [-0.25, -0.2) is 4.79 Å². The van der Waals surface area contributed by atoms with Crippen molar-refractivity contribution in [3.8, 4) is 0 Å². The van der Waals surface area contributed by atoms with Crippen molar-refractivity contribution in [3.05, 3.63) is 35.4 Å². The number of carbonyl (C=O) groups is 2. The molecule has 3 rings (SSSR count).